The Morgan fingerprint density at radius 1 is 1.29 bits per heavy atom. The van der Waals surface area contributed by atoms with Crippen LogP contribution in [0.3, 0.4) is 0 Å². The van der Waals surface area contributed by atoms with Crippen LogP contribution < -0.4 is 5.73 Å². The highest BCUT2D eigenvalue weighted by Gasteiger charge is 2.35. The van der Waals surface area contributed by atoms with Crippen molar-refractivity contribution in [2.45, 2.75) is 17.2 Å². The standard InChI is InChI=1S/C14H18N4O2S/c1-17-10-13(14(15)16-17)21(19,20)18-8-7-12(9-18)11-5-3-2-4-6-11/h2-6,10,12H,7-9H2,1H3,(H2,15,16). The first-order chi connectivity index (χ1) is 9.98. The second kappa shape index (κ2) is 5.16. The van der Waals surface area contributed by atoms with Gasteiger partial charge in [0.25, 0.3) is 0 Å². The van der Waals surface area contributed by atoms with E-state index in [0.717, 1.165) is 6.42 Å². The van der Waals surface area contributed by atoms with Crippen LogP contribution in [0.4, 0.5) is 5.82 Å². The van der Waals surface area contributed by atoms with Crippen LogP contribution in [0, 0.1) is 0 Å². The quantitative estimate of drug-likeness (QED) is 0.923. The van der Waals surface area contributed by atoms with Crippen molar-refractivity contribution in [1.82, 2.24) is 14.1 Å². The van der Waals surface area contributed by atoms with Gasteiger partial charge in [-0.2, -0.15) is 9.40 Å². The lowest BCUT2D eigenvalue weighted by atomic mass is 9.99. The second-order valence-corrected chi connectivity index (χ2v) is 7.22. The van der Waals surface area contributed by atoms with Crippen LogP contribution in [-0.2, 0) is 17.1 Å². The van der Waals surface area contributed by atoms with Gasteiger partial charge in [-0.1, -0.05) is 30.3 Å². The number of hydrogen-bond acceptors (Lipinski definition) is 4. The molecule has 1 aliphatic rings. The summed E-state index contributed by atoms with van der Waals surface area (Å²) in [6.07, 6.45) is 2.28. The number of nitrogen functional groups attached to an aromatic ring is 1. The summed E-state index contributed by atoms with van der Waals surface area (Å²) >= 11 is 0. The number of aryl methyl sites for hydroxylation is 1. The van der Waals surface area contributed by atoms with Crippen LogP contribution in [0.5, 0.6) is 0 Å². The molecule has 1 aromatic heterocycles. The van der Waals surface area contributed by atoms with Crippen molar-refractivity contribution >= 4 is 15.8 Å². The van der Waals surface area contributed by atoms with Crippen LogP contribution in [0.15, 0.2) is 41.4 Å². The summed E-state index contributed by atoms with van der Waals surface area (Å²) in [4.78, 5) is 0.0960. The molecule has 1 aromatic carbocycles. The molecule has 6 nitrogen and oxygen atoms in total. The highest BCUT2D eigenvalue weighted by Crippen LogP contribution is 2.32. The molecule has 1 saturated heterocycles. The summed E-state index contributed by atoms with van der Waals surface area (Å²) in [5.41, 5.74) is 6.88. The van der Waals surface area contributed by atoms with Crippen molar-refractivity contribution in [3.05, 3.63) is 42.1 Å². The highest BCUT2D eigenvalue weighted by atomic mass is 32.2. The van der Waals surface area contributed by atoms with Gasteiger partial charge in [-0.3, -0.25) is 4.68 Å². The number of hydrogen-bond donors (Lipinski definition) is 1. The predicted octanol–water partition coefficient (Wildman–Crippen LogP) is 1.18. The molecule has 1 aliphatic heterocycles. The molecule has 112 valence electrons. The third-order valence-corrected chi connectivity index (χ3v) is 5.74. The van der Waals surface area contributed by atoms with E-state index in [1.54, 1.807) is 7.05 Å². The zero-order valence-corrected chi connectivity index (χ0v) is 12.6. The highest BCUT2D eigenvalue weighted by molar-refractivity contribution is 7.89. The Hall–Kier alpha value is -1.86. The van der Waals surface area contributed by atoms with Crippen molar-refractivity contribution in [2.24, 2.45) is 7.05 Å². The monoisotopic (exact) mass is 306 g/mol. The van der Waals surface area contributed by atoms with E-state index in [1.807, 2.05) is 30.3 Å². The Kier molecular flexibility index (Phi) is 3.46. The lowest BCUT2D eigenvalue weighted by Crippen LogP contribution is -2.29. The molecule has 0 bridgehead atoms. The van der Waals surface area contributed by atoms with Crippen molar-refractivity contribution in [3.63, 3.8) is 0 Å². The minimum atomic E-state index is -3.56. The summed E-state index contributed by atoms with van der Waals surface area (Å²) in [5, 5.41) is 3.91. The van der Waals surface area contributed by atoms with Gasteiger partial charge >= 0.3 is 0 Å². The number of nitrogens with zero attached hydrogens (tertiary/aromatic N) is 3. The maximum Gasteiger partial charge on any atom is 0.248 e. The molecule has 3 rings (SSSR count). The molecule has 21 heavy (non-hydrogen) atoms. The maximum atomic E-state index is 12.6. The molecule has 0 spiro atoms. The summed E-state index contributed by atoms with van der Waals surface area (Å²) in [6, 6.07) is 10.00. The van der Waals surface area contributed by atoms with Gasteiger partial charge in [-0.25, -0.2) is 8.42 Å². The van der Waals surface area contributed by atoms with E-state index in [1.165, 1.54) is 20.7 Å². The summed E-state index contributed by atoms with van der Waals surface area (Å²) in [6.45, 7) is 0.997. The van der Waals surface area contributed by atoms with E-state index >= 15 is 0 Å². The smallest absolute Gasteiger partial charge is 0.248 e. The third kappa shape index (κ3) is 2.54. The van der Waals surface area contributed by atoms with Crippen molar-refractivity contribution in [1.29, 1.82) is 0 Å². The number of nitrogens with two attached hydrogens (primary N) is 1. The zero-order chi connectivity index (χ0) is 15.0. The fraction of sp³-hybridized carbons (Fsp3) is 0.357. The van der Waals surface area contributed by atoms with Crippen LogP contribution in [-0.4, -0.2) is 35.6 Å². The predicted molar refractivity (Wildman–Crippen MR) is 80.2 cm³/mol. The number of benzene rings is 1. The Balaban J connectivity index is 1.84. The Bertz CT molecular complexity index is 740. The van der Waals surface area contributed by atoms with Gasteiger partial charge in [0.15, 0.2) is 5.82 Å². The molecule has 0 amide bonds. The number of anilines is 1. The minimum Gasteiger partial charge on any atom is -0.381 e. The summed E-state index contributed by atoms with van der Waals surface area (Å²) in [5.74, 6) is 0.291. The number of rotatable bonds is 3. The van der Waals surface area contributed by atoms with Gasteiger partial charge in [-0.05, 0) is 17.9 Å². The van der Waals surface area contributed by atoms with Crippen molar-refractivity contribution in [2.75, 3.05) is 18.8 Å². The fourth-order valence-electron chi connectivity index (χ4n) is 2.77. The first-order valence-corrected chi connectivity index (χ1v) is 8.26. The topological polar surface area (TPSA) is 81.2 Å². The molecule has 7 heteroatoms. The van der Waals surface area contributed by atoms with E-state index in [0.29, 0.717) is 13.1 Å². The minimum absolute atomic E-state index is 0.0562. The molecule has 2 aromatic rings. The lowest BCUT2D eigenvalue weighted by molar-refractivity contribution is 0.473. The van der Waals surface area contributed by atoms with E-state index in [9.17, 15) is 8.42 Å². The van der Waals surface area contributed by atoms with Gasteiger partial charge in [0.2, 0.25) is 10.0 Å². The first-order valence-electron chi connectivity index (χ1n) is 6.82. The average Bonchev–Trinajstić information content (AvgIpc) is 3.07. The Labute approximate surface area is 124 Å². The molecule has 1 atom stereocenters. The third-order valence-electron chi connectivity index (χ3n) is 3.86. The van der Waals surface area contributed by atoms with Crippen LogP contribution in [0.2, 0.25) is 0 Å². The first kappa shape index (κ1) is 14.1. The molecular weight excluding hydrogens is 288 g/mol. The summed E-state index contributed by atoms with van der Waals surface area (Å²) < 4.78 is 28.2. The fourth-order valence-corrected chi connectivity index (χ4v) is 4.36. The molecule has 2 N–H and O–H groups in total. The van der Waals surface area contributed by atoms with Gasteiger partial charge in [0.05, 0.1) is 0 Å². The maximum absolute atomic E-state index is 12.6. The van der Waals surface area contributed by atoms with E-state index in [4.69, 9.17) is 5.73 Å². The van der Waals surface area contributed by atoms with Gasteiger partial charge in [0.1, 0.15) is 4.90 Å². The zero-order valence-electron chi connectivity index (χ0n) is 11.8. The molecule has 1 fully saturated rings. The largest absolute Gasteiger partial charge is 0.381 e. The van der Waals surface area contributed by atoms with Crippen LogP contribution >= 0.6 is 0 Å². The van der Waals surface area contributed by atoms with Gasteiger partial charge in [0, 0.05) is 26.3 Å². The van der Waals surface area contributed by atoms with Crippen LogP contribution in [0.1, 0.15) is 17.9 Å². The number of aromatic nitrogens is 2. The summed E-state index contributed by atoms with van der Waals surface area (Å²) in [7, 11) is -1.91. The van der Waals surface area contributed by atoms with Crippen molar-refractivity contribution < 1.29 is 8.42 Å². The molecule has 2 heterocycles. The van der Waals surface area contributed by atoms with Gasteiger partial charge < -0.3 is 5.73 Å². The Morgan fingerprint density at radius 3 is 2.62 bits per heavy atom. The number of sulfonamides is 1. The van der Waals surface area contributed by atoms with Crippen LogP contribution in [0.25, 0.3) is 0 Å². The van der Waals surface area contributed by atoms with Gasteiger partial charge in [-0.15, -0.1) is 0 Å². The lowest BCUT2D eigenvalue weighted by Gasteiger charge is -2.16. The van der Waals surface area contributed by atoms with E-state index < -0.39 is 10.0 Å². The molecule has 1 unspecified atom stereocenters. The SMILES string of the molecule is Cn1cc(S(=O)(=O)N2CCC(c3ccccc3)C2)c(N)n1. The molecule has 0 radical (unpaired) electrons. The second-order valence-electron chi connectivity index (χ2n) is 5.31. The Morgan fingerprint density at radius 2 is 2.00 bits per heavy atom. The van der Waals surface area contributed by atoms with Crippen molar-refractivity contribution in [3.8, 4) is 0 Å². The molecule has 0 aliphatic carbocycles. The van der Waals surface area contributed by atoms with E-state index in [2.05, 4.69) is 5.10 Å². The van der Waals surface area contributed by atoms with E-state index in [-0.39, 0.29) is 16.6 Å². The normalized spacial score (nSPS) is 20.0. The molecular formula is C14H18N4O2S. The average molecular weight is 306 g/mol. The molecule has 0 saturated carbocycles.